The predicted molar refractivity (Wildman–Crippen MR) is 67.8 cm³/mol. The maximum atomic E-state index is 12.0. The maximum absolute atomic E-state index is 12.0. The molecule has 5 heteroatoms. The predicted octanol–water partition coefficient (Wildman–Crippen LogP) is 1.78. The van der Waals surface area contributed by atoms with Gasteiger partial charge in [-0.3, -0.25) is 14.5 Å². The van der Waals surface area contributed by atoms with Crippen LogP contribution < -0.4 is 5.73 Å². The molecule has 17 heavy (non-hydrogen) atoms. The van der Waals surface area contributed by atoms with E-state index >= 15 is 0 Å². The zero-order chi connectivity index (χ0) is 12.6. The lowest BCUT2D eigenvalue weighted by molar-refractivity contribution is 0.0651. The van der Waals surface area contributed by atoms with Gasteiger partial charge in [0.15, 0.2) is 0 Å². The van der Waals surface area contributed by atoms with Gasteiger partial charge in [-0.15, -0.1) is 0 Å². The Labute approximate surface area is 108 Å². The van der Waals surface area contributed by atoms with Crippen molar-refractivity contribution in [2.75, 3.05) is 6.54 Å². The van der Waals surface area contributed by atoms with E-state index in [-0.39, 0.29) is 17.9 Å². The molecule has 1 aliphatic heterocycles. The molecule has 1 unspecified atom stereocenters. The number of hydrogen-bond acceptors (Lipinski definition) is 3. The number of imide groups is 1. The molecule has 0 saturated carbocycles. The van der Waals surface area contributed by atoms with E-state index in [1.54, 1.807) is 18.2 Å². The van der Waals surface area contributed by atoms with E-state index in [9.17, 15) is 9.59 Å². The van der Waals surface area contributed by atoms with E-state index in [1.165, 1.54) is 4.90 Å². The highest BCUT2D eigenvalue weighted by Crippen LogP contribution is 2.26. The van der Waals surface area contributed by atoms with Gasteiger partial charge in [0.25, 0.3) is 11.8 Å². The second-order valence-corrected chi connectivity index (χ2v) is 5.13. The van der Waals surface area contributed by atoms with Gasteiger partial charge in [-0.25, -0.2) is 0 Å². The summed E-state index contributed by atoms with van der Waals surface area (Å²) < 4.78 is 0.798. The summed E-state index contributed by atoms with van der Waals surface area (Å²) in [6.45, 7) is 2.23. The van der Waals surface area contributed by atoms with Crippen molar-refractivity contribution in [2.24, 2.45) is 5.73 Å². The normalized spacial score (nSPS) is 16.3. The van der Waals surface area contributed by atoms with Crippen molar-refractivity contribution in [1.29, 1.82) is 0 Å². The van der Waals surface area contributed by atoms with Crippen molar-refractivity contribution in [1.82, 2.24) is 4.90 Å². The highest BCUT2D eigenvalue weighted by Gasteiger charge is 2.35. The summed E-state index contributed by atoms with van der Waals surface area (Å²) >= 11 is 3.29. The molecule has 1 aromatic carbocycles. The smallest absolute Gasteiger partial charge is 0.261 e. The second kappa shape index (κ2) is 4.58. The molecule has 0 radical (unpaired) electrons. The Morgan fingerprint density at radius 3 is 2.59 bits per heavy atom. The first-order valence-corrected chi connectivity index (χ1v) is 6.21. The Hall–Kier alpha value is -1.20. The van der Waals surface area contributed by atoms with Gasteiger partial charge < -0.3 is 5.73 Å². The van der Waals surface area contributed by atoms with Crippen LogP contribution in [0.25, 0.3) is 0 Å². The van der Waals surface area contributed by atoms with Gasteiger partial charge in [0, 0.05) is 17.1 Å². The first-order chi connectivity index (χ1) is 8.00. The average Bonchev–Trinajstić information content (AvgIpc) is 2.49. The largest absolute Gasteiger partial charge is 0.328 e. The number of fused-ring (bicyclic) bond motifs is 1. The summed E-state index contributed by atoms with van der Waals surface area (Å²) in [7, 11) is 0. The lowest BCUT2D eigenvalue weighted by Crippen LogP contribution is -2.33. The quantitative estimate of drug-likeness (QED) is 0.865. The zero-order valence-corrected chi connectivity index (χ0v) is 11.0. The number of nitrogens with two attached hydrogens (primary N) is 1. The fraction of sp³-hybridized carbons (Fsp3) is 0.333. The van der Waals surface area contributed by atoms with Crippen LogP contribution in [0.4, 0.5) is 0 Å². The van der Waals surface area contributed by atoms with Gasteiger partial charge in [0.1, 0.15) is 0 Å². The van der Waals surface area contributed by atoms with Gasteiger partial charge in [-0.1, -0.05) is 15.9 Å². The highest BCUT2D eigenvalue weighted by molar-refractivity contribution is 9.10. The van der Waals surface area contributed by atoms with Crippen molar-refractivity contribution in [3.63, 3.8) is 0 Å². The molecule has 0 saturated heterocycles. The number of benzene rings is 1. The summed E-state index contributed by atoms with van der Waals surface area (Å²) in [5, 5.41) is 0. The Kier molecular flexibility index (Phi) is 3.31. The second-order valence-electron chi connectivity index (χ2n) is 4.22. The minimum absolute atomic E-state index is 0.0222. The van der Waals surface area contributed by atoms with Crippen LogP contribution in [0.5, 0.6) is 0 Å². The minimum Gasteiger partial charge on any atom is -0.328 e. The Bertz CT molecular complexity index is 485. The van der Waals surface area contributed by atoms with E-state index in [1.807, 2.05) is 6.92 Å². The molecule has 0 aromatic heterocycles. The highest BCUT2D eigenvalue weighted by atomic mass is 79.9. The molecule has 1 aliphatic rings. The first-order valence-electron chi connectivity index (χ1n) is 5.42. The molecule has 0 fully saturated rings. The average molecular weight is 297 g/mol. The first kappa shape index (κ1) is 12.3. The lowest BCUT2D eigenvalue weighted by atomic mass is 10.1. The summed E-state index contributed by atoms with van der Waals surface area (Å²) in [4.78, 5) is 25.3. The number of halogens is 1. The third kappa shape index (κ3) is 2.25. The third-order valence-corrected chi connectivity index (χ3v) is 3.23. The molecule has 1 heterocycles. The number of amides is 2. The monoisotopic (exact) mass is 296 g/mol. The van der Waals surface area contributed by atoms with E-state index < -0.39 is 0 Å². The molecule has 1 aromatic rings. The molecule has 1 atom stereocenters. The molecule has 4 nitrogen and oxygen atoms in total. The number of carbonyl (C=O) groups is 2. The summed E-state index contributed by atoms with van der Waals surface area (Å²) in [6, 6.07) is 5.09. The molecular formula is C12H13BrN2O2. The molecule has 2 rings (SSSR count). The Morgan fingerprint density at radius 2 is 1.94 bits per heavy atom. The fourth-order valence-electron chi connectivity index (χ4n) is 1.80. The van der Waals surface area contributed by atoms with Crippen LogP contribution in [0, 0.1) is 0 Å². The Morgan fingerprint density at radius 1 is 1.29 bits per heavy atom. The molecule has 0 bridgehead atoms. The number of nitrogens with zero attached hydrogens (tertiary/aromatic N) is 1. The molecular weight excluding hydrogens is 284 g/mol. The van der Waals surface area contributed by atoms with E-state index in [0.29, 0.717) is 24.1 Å². The number of carbonyl (C=O) groups excluding carboxylic acids is 2. The Balaban J connectivity index is 2.26. The van der Waals surface area contributed by atoms with Gasteiger partial charge in [0.05, 0.1) is 11.1 Å². The van der Waals surface area contributed by atoms with E-state index in [0.717, 1.165) is 4.47 Å². The SMILES string of the molecule is CC(N)CCN1C(=O)c2ccc(Br)cc2C1=O. The maximum Gasteiger partial charge on any atom is 0.261 e. The van der Waals surface area contributed by atoms with Crippen molar-refractivity contribution in [3.05, 3.63) is 33.8 Å². The van der Waals surface area contributed by atoms with Crippen molar-refractivity contribution in [3.8, 4) is 0 Å². The van der Waals surface area contributed by atoms with Crippen molar-refractivity contribution < 1.29 is 9.59 Å². The molecule has 2 amide bonds. The van der Waals surface area contributed by atoms with Gasteiger partial charge in [-0.2, -0.15) is 0 Å². The standard InChI is InChI=1S/C12H13BrN2O2/c1-7(14)4-5-15-11(16)9-3-2-8(13)6-10(9)12(15)17/h2-3,6-7H,4-5,14H2,1H3. The molecule has 90 valence electrons. The summed E-state index contributed by atoms with van der Waals surface area (Å²) in [5.41, 5.74) is 6.58. The van der Waals surface area contributed by atoms with Gasteiger partial charge in [-0.05, 0) is 31.5 Å². The minimum atomic E-state index is -0.230. The number of rotatable bonds is 3. The molecule has 2 N–H and O–H groups in total. The third-order valence-electron chi connectivity index (χ3n) is 2.74. The zero-order valence-electron chi connectivity index (χ0n) is 9.44. The fourth-order valence-corrected chi connectivity index (χ4v) is 2.16. The molecule has 0 aliphatic carbocycles. The van der Waals surface area contributed by atoms with Crippen molar-refractivity contribution >= 4 is 27.7 Å². The van der Waals surface area contributed by atoms with Crippen LogP contribution in [-0.2, 0) is 0 Å². The summed E-state index contributed by atoms with van der Waals surface area (Å²) in [5.74, 6) is -0.454. The topological polar surface area (TPSA) is 63.4 Å². The summed E-state index contributed by atoms with van der Waals surface area (Å²) in [6.07, 6.45) is 0.618. The van der Waals surface area contributed by atoms with Gasteiger partial charge >= 0.3 is 0 Å². The van der Waals surface area contributed by atoms with Crippen LogP contribution in [-0.4, -0.2) is 29.3 Å². The molecule has 0 spiro atoms. The van der Waals surface area contributed by atoms with Crippen LogP contribution in [0.1, 0.15) is 34.1 Å². The van der Waals surface area contributed by atoms with Crippen LogP contribution in [0.15, 0.2) is 22.7 Å². The van der Waals surface area contributed by atoms with Crippen molar-refractivity contribution in [2.45, 2.75) is 19.4 Å². The van der Waals surface area contributed by atoms with Crippen LogP contribution in [0.2, 0.25) is 0 Å². The lowest BCUT2D eigenvalue weighted by Gasteiger charge is -2.14. The number of hydrogen-bond donors (Lipinski definition) is 1. The van der Waals surface area contributed by atoms with Gasteiger partial charge in [0.2, 0.25) is 0 Å². The van der Waals surface area contributed by atoms with E-state index in [4.69, 9.17) is 5.73 Å². The van der Waals surface area contributed by atoms with Crippen LogP contribution >= 0.6 is 15.9 Å². The van der Waals surface area contributed by atoms with Crippen LogP contribution in [0.3, 0.4) is 0 Å². The van der Waals surface area contributed by atoms with E-state index in [2.05, 4.69) is 15.9 Å².